The molecule has 233 valence electrons. The SMILES string of the molecule is CC(C)Cc1ccnc(-c2[c-]ccc3c2sc2ccc(-c4ccccc4)cc23)c1.[CH3][Ge]([CH3])([CH3])[c]1ccc(-c2[c-]cccc2)nc1.[Ir]. The summed E-state index contributed by atoms with van der Waals surface area (Å²) >= 11 is 0.120. The average Bonchev–Trinajstić information content (AvgIpc) is 3.44. The van der Waals surface area contributed by atoms with Gasteiger partial charge in [0.05, 0.1) is 0 Å². The van der Waals surface area contributed by atoms with Crippen molar-refractivity contribution in [2.45, 2.75) is 37.5 Å². The quantitative estimate of drug-likeness (QED) is 0.123. The van der Waals surface area contributed by atoms with Crippen LogP contribution >= 0.6 is 11.3 Å². The van der Waals surface area contributed by atoms with E-state index in [9.17, 15) is 0 Å². The van der Waals surface area contributed by atoms with Crippen LogP contribution in [0.5, 0.6) is 0 Å². The van der Waals surface area contributed by atoms with Gasteiger partial charge in [0.2, 0.25) is 0 Å². The molecule has 0 aliphatic heterocycles. The number of rotatable bonds is 6. The van der Waals surface area contributed by atoms with Gasteiger partial charge in [0.1, 0.15) is 0 Å². The van der Waals surface area contributed by atoms with Crippen LogP contribution in [0, 0.1) is 18.1 Å². The van der Waals surface area contributed by atoms with Crippen LogP contribution in [0.15, 0.2) is 122 Å². The average molecular weight is 856 g/mol. The van der Waals surface area contributed by atoms with Crippen LogP contribution in [-0.2, 0) is 26.5 Å². The summed E-state index contributed by atoms with van der Waals surface area (Å²) in [7, 11) is 0. The fourth-order valence-corrected chi connectivity index (χ4v) is 8.86. The standard InChI is InChI=1S/C27H22NS.C14H16GeN.Ir/c1-18(2)15-19-13-14-28-25(16-19)23-10-6-9-22-24-17-21(20-7-4-3-5-8-20)11-12-26(24)29-27(22)23;1-15(2,3)13-9-10-14(16-11-13)12-7-5-4-6-8-12;/h3-9,11-14,16-18H,15H2,1-2H3;4-7,9-11H,1-3H3;/q2*-1;. The molecule has 1 radical (unpaired) electrons. The zero-order chi connectivity index (χ0) is 31.4. The van der Waals surface area contributed by atoms with Gasteiger partial charge >= 0.3 is 99.8 Å². The van der Waals surface area contributed by atoms with E-state index in [0.717, 1.165) is 28.9 Å². The van der Waals surface area contributed by atoms with Crippen molar-refractivity contribution in [3.05, 3.63) is 139 Å². The second-order valence-corrected chi connectivity index (χ2v) is 24.6. The summed E-state index contributed by atoms with van der Waals surface area (Å²) in [6.07, 6.45) is 5.04. The van der Waals surface area contributed by atoms with Crippen molar-refractivity contribution in [3.63, 3.8) is 0 Å². The van der Waals surface area contributed by atoms with Gasteiger partial charge in [-0.25, -0.2) is 0 Å². The number of hydrogen-bond acceptors (Lipinski definition) is 3. The van der Waals surface area contributed by atoms with Crippen molar-refractivity contribution in [3.8, 4) is 33.6 Å². The summed E-state index contributed by atoms with van der Waals surface area (Å²) in [4.78, 5) is 9.21. The smallest absolute Gasteiger partial charge is 0 e. The van der Waals surface area contributed by atoms with E-state index in [1.165, 1.54) is 41.3 Å². The number of pyridine rings is 2. The van der Waals surface area contributed by atoms with Gasteiger partial charge < -0.3 is 4.98 Å². The van der Waals surface area contributed by atoms with Crippen LogP contribution in [0.1, 0.15) is 19.4 Å². The Labute approximate surface area is 293 Å². The van der Waals surface area contributed by atoms with E-state index in [2.05, 4.69) is 132 Å². The van der Waals surface area contributed by atoms with E-state index < -0.39 is 13.3 Å². The molecule has 0 saturated heterocycles. The van der Waals surface area contributed by atoms with E-state index in [1.807, 2.05) is 54.1 Å². The predicted molar refractivity (Wildman–Crippen MR) is 197 cm³/mol. The van der Waals surface area contributed by atoms with Crippen molar-refractivity contribution in [2.24, 2.45) is 5.92 Å². The van der Waals surface area contributed by atoms with Gasteiger partial charge in [0.25, 0.3) is 0 Å². The Hall–Kier alpha value is -3.41. The molecule has 2 nitrogen and oxygen atoms in total. The van der Waals surface area contributed by atoms with Gasteiger partial charge in [-0.3, -0.25) is 0 Å². The second kappa shape index (κ2) is 15.0. The summed E-state index contributed by atoms with van der Waals surface area (Å²) in [6.45, 7) is 4.51. The van der Waals surface area contributed by atoms with Crippen LogP contribution in [0.3, 0.4) is 0 Å². The van der Waals surface area contributed by atoms with Crippen molar-refractivity contribution in [1.29, 1.82) is 0 Å². The third kappa shape index (κ3) is 7.93. The van der Waals surface area contributed by atoms with Crippen molar-refractivity contribution in [2.75, 3.05) is 0 Å². The molecule has 0 amide bonds. The molecule has 4 aromatic carbocycles. The van der Waals surface area contributed by atoms with Crippen LogP contribution in [-0.4, -0.2) is 23.2 Å². The Bertz CT molecular complexity index is 2030. The van der Waals surface area contributed by atoms with Gasteiger partial charge in [-0.15, -0.1) is 23.8 Å². The molecule has 0 spiro atoms. The van der Waals surface area contributed by atoms with Crippen molar-refractivity contribution < 1.29 is 20.1 Å². The molecule has 0 aliphatic carbocycles. The zero-order valence-electron chi connectivity index (χ0n) is 27.0. The third-order valence-corrected chi connectivity index (χ3v) is 13.3. The third-order valence-electron chi connectivity index (χ3n) is 7.88. The van der Waals surface area contributed by atoms with E-state index in [4.69, 9.17) is 0 Å². The van der Waals surface area contributed by atoms with Crippen LogP contribution in [0.4, 0.5) is 0 Å². The Kier molecular flexibility index (Phi) is 11.1. The number of fused-ring (bicyclic) bond motifs is 3. The minimum atomic E-state index is -1.72. The first-order valence-corrected chi connectivity index (χ1v) is 23.7. The molecule has 3 aromatic heterocycles. The molecular weight excluding hydrogens is 817 g/mol. The number of thiophene rings is 1. The zero-order valence-corrected chi connectivity index (χ0v) is 32.3. The minimum absolute atomic E-state index is 0. The number of hydrogen-bond donors (Lipinski definition) is 0. The number of aromatic nitrogens is 2. The molecule has 0 fully saturated rings. The number of benzene rings is 4. The summed E-state index contributed by atoms with van der Waals surface area (Å²) < 4.78 is 4.01. The molecular formula is C41H38GeIrN2S-2. The monoisotopic (exact) mass is 857 g/mol. The maximum absolute atomic E-state index is 4.68. The van der Waals surface area contributed by atoms with E-state index in [-0.39, 0.29) is 20.1 Å². The maximum Gasteiger partial charge on any atom is 0 e. The summed E-state index contributed by atoms with van der Waals surface area (Å²) in [6, 6.07) is 44.9. The summed E-state index contributed by atoms with van der Waals surface area (Å²) in [5, 5.41) is 2.59. The topological polar surface area (TPSA) is 25.8 Å². The van der Waals surface area contributed by atoms with E-state index in [0.29, 0.717) is 5.92 Å². The molecule has 0 unspecified atom stereocenters. The Balaban J connectivity index is 0.000000209. The van der Waals surface area contributed by atoms with Gasteiger partial charge in [-0.05, 0) is 57.4 Å². The van der Waals surface area contributed by atoms with Gasteiger partial charge in [-0.1, -0.05) is 67.3 Å². The maximum atomic E-state index is 4.68. The summed E-state index contributed by atoms with van der Waals surface area (Å²) in [5.74, 6) is 7.77. The fourth-order valence-electron chi connectivity index (χ4n) is 5.50. The summed E-state index contributed by atoms with van der Waals surface area (Å²) in [5.41, 5.74) is 8.04. The first-order valence-electron chi connectivity index (χ1n) is 15.6. The largest absolute Gasteiger partial charge is 0 e. The van der Waals surface area contributed by atoms with Crippen molar-refractivity contribution in [1.82, 2.24) is 9.97 Å². The Morgan fingerprint density at radius 3 is 2.22 bits per heavy atom. The second-order valence-electron chi connectivity index (χ2n) is 12.9. The Morgan fingerprint density at radius 1 is 0.717 bits per heavy atom. The molecule has 0 atom stereocenters. The molecule has 46 heavy (non-hydrogen) atoms. The normalized spacial score (nSPS) is 11.3. The minimum Gasteiger partial charge on any atom is 0 e. The first kappa shape index (κ1) is 33.9. The van der Waals surface area contributed by atoms with Gasteiger partial charge in [-0.2, -0.15) is 11.3 Å². The molecule has 7 rings (SSSR count). The fraction of sp³-hybridized carbons (Fsp3) is 0.171. The first-order chi connectivity index (χ1) is 21.8. The van der Waals surface area contributed by atoms with Crippen LogP contribution in [0.2, 0.25) is 17.3 Å². The molecule has 0 saturated carbocycles. The van der Waals surface area contributed by atoms with Crippen molar-refractivity contribution >= 4 is 49.2 Å². The van der Waals surface area contributed by atoms with E-state index in [1.54, 1.807) is 0 Å². The van der Waals surface area contributed by atoms with Crippen LogP contribution < -0.4 is 4.40 Å². The van der Waals surface area contributed by atoms with Gasteiger partial charge in [0, 0.05) is 31.0 Å². The molecule has 0 bridgehead atoms. The molecule has 5 heteroatoms. The molecule has 7 aromatic rings. The molecule has 0 aliphatic rings. The number of nitrogens with zero attached hydrogens (tertiary/aromatic N) is 2. The molecule has 0 N–H and O–H groups in total. The molecule has 3 heterocycles. The van der Waals surface area contributed by atoms with E-state index >= 15 is 0 Å². The Morgan fingerprint density at radius 2 is 1.52 bits per heavy atom. The predicted octanol–water partition coefficient (Wildman–Crippen LogP) is 10.9. The van der Waals surface area contributed by atoms with Gasteiger partial charge in [0.15, 0.2) is 0 Å². The van der Waals surface area contributed by atoms with Crippen LogP contribution in [0.25, 0.3) is 53.8 Å².